The third-order valence-corrected chi connectivity index (χ3v) is 3.51. The topological polar surface area (TPSA) is 57.4 Å². The first-order valence-corrected chi connectivity index (χ1v) is 6.82. The van der Waals surface area contributed by atoms with E-state index in [1.807, 2.05) is 23.6 Å². The van der Waals surface area contributed by atoms with Crippen LogP contribution in [0.25, 0.3) is 0 Å². The highest BCUT2D eigenvalue weighted by Gasteiger charge is 2.15. The zero-order valence-corrected chi connectivity index (χ0v) is 10.7. The molecule has 3 rings (SSSR count). The lowest BCUT2D eigenvalue weighted by molar-refractivity contribution is 0.297. The molecule has 2 heterocycles. The van der Waals surface area contributed by atoms with Crippen molar-refractivity contribution in [2.45, 2.75) is 12.5 Å². The molecule has 0 aliphatic carbocycles. The summed E-state index contributed by atoms with van der Waals surface area (Å²) in [7, 11) is 0. The van der Waals surface area contributed by atoms with Crippen molar-refractivity contribution in [2.75, 3.05) is 13.2 Å². The zero-order valence-electron chi connectivity index (χ0n) is 9.83. The van der Waals surface area contributed by atoms with Crippen LogP contribution in [-0.4, -0.2) is 18.2 Å². The maximum atomic E-state index is 6.18. The molecule has 1 atom stereocenters. The Bertz CT molecular complexity index is 528. The smallest absolute Gasteiger partial charge is 0.161 e. The lowest BCUT2D eigenvalue weighted by atomic mass is 10.0. The molecule has 0 fully saturated rings. The first-order chi connectivity index (χ1) is 8.84. The van der Waals surface area contributed by atoms with E-state index in [0.29, 0.717) is 13.2 Å². The molecule has 4 nitrogen and oxygen atoms in total. The average Bonchev–Trinajstić information content (AvgIpc) is 2.83. The summed E-state index contributed by atoms with van der Waals surface area (Å²) < 4.78 is 11.3. The van der Waals surface area contributed by atoms with Crippen molar-refractivity contribution >= 4 is 11.3 Å². The van der Waals surface area contributed by atoms with Crippen LogP contribution < -0.4 is 15.2 Å². The summed E-state index contributed by atoms with van der Waals surface area (Å²) in [6.07, 6.45) is 0.905. The third-order valence-electron chi connectivity index (χ3n) is 2.90. The van der Waals surface area contributed by atoms with Gasteiger partial charge in [-0.15, -0.1) is 11.3 Å². The van der Waals surface area contributed by atoms with Crippen LogP contribution in [-0.2, 0) is 0 Å². The second kappa shape index (κ2) is 4.96. The lowest BCUT2D eigenvalue weighted by Crippen LogP contribution is -2.12. The SMILES string of the molecule is NC(c1ccc2c(c1)OCCCO2)c1cscn1. The van der Waals surface area contributed by atoms with Crippen LogP contribution in [0.15, 0.2) is 29.1 Å². The Morgan fingerprint density at radius 3 is 2.83 bits per heavy atom. The Kier molecular flexibility index (Phi) is 3.17. The van der Waals surface area contributed by atoms with Crippen LogP contribution in [0.1, 0.15) is 23.7 Å². The van der Waals surface area contributed by atoms with Crippen molar-refractivity contribution in [3.8, 4) is 11.5 Å². The van der Waals surface area contributed by atoms with Gasteiger partial charge in [-0.1, -0.05) is 6.07 Å². The summed E-state index contributed by atoms with van der Waals surface area (Å²) in [5.41, 5.74) is 9.85. The lowest BCUT2D eigenvalue weighted by Gasteiger charge is -2.13. The molecule has 18 heavy (non-hydrogen) atoms. The minimum absolute atomic E-state index is 0.214. The Hall–Kier alpha value is -1.59. The predicted octanol–water partition coefficient (Wildman–Crippen LogP) is 2.35. The second-order valence-corrected chi connectivity index (χ2v) is 4.87. The fourth-order valence-corrected chi connectivity index (χ4v) is 2.51. The number of hydrogen-bond donors (Lipinski definition) is 1. The van der Waals surface area contributed by atoms with Gasteiger partial charge in [-0.2, -0.15) is 0 Å². The van der Waals surface area contributed by atoms with Gasteiger partial charge in [0.05, 0.1) is 30.5 Å². The van der Waals surface area contributed by atoms with Crippen LogP contribution in [0.3, 0.4) is 0 Å². The van der Waals surface area contributed by atoms with Crippen molar-refractivity contribution in [1.29, 1.82) is 0 Å². The van der Waals surface area contributed by atoms with Gasteiger partial charge in [-0.05, 0) is 17.7 Å². The molecule has 0 saturated carbocycles. The van der Waals surface area contributed by atoms with Crippen molar-refractivity contribution in [2.24, 2.45) is 5.73 Å². The van der Waals surface area contributed by atoms with E-state index in [1.165, 1.54) is 0 Å². The van der Waals surface area contributed by atoms with E-state index >= 15 is 0 Å². The summed E-state index contributed by atoms with van der Waals surface area (Å²) in [5.74, 6) is 1.57. The summed E-state index contributed by atoms with van der Waals surface area (Å²) in [6.45, 7) is 1.38. The number of thiazole rings is 1. The molecule has 5 heteroatoms. The fourth-order valence-electron chi connectivity index (χ4n) is 1.92. The average molecular weight is 262 g/mol. The highest BCUT2D eigenvalue weighted by atomic mass is 32.1. The standard InChI is InChI=1S/C13H14N2O2S/c14-13(10-7-18-8-15-10)9-2-3-11-12(6-9)17-5-1-4-16-11/h2-3,6-8,13H,1,4-5,14H2. The third kappa shape index (κ3) is 2.19. The Labute approximate surface area is 109 Å². The maximum absolute atomic E-state index is 6.18. The molecule has 1 aliphatic rings. The zero-order chi connectivity index (χ0) is 12.4. The van der Waals surface area contributed by atoms with Crippen LogP contribution >= 0.6 is 11.3 Å². The summed E-state index contributed by atoms with van der Waals surface area (Å²) in [4.78, 5) is 4.24. The monoisotopic (exact) mass is 262 g/mol. The summed E-state index contributed by atoms with van der Waals surface area (Å²) in [5, 5.41) is 1.97. The van der Waals surface area contributed by atoms with Gasteiger partial charge in [0.15, 0.2) is 11.5 Å². The molecule has 0 spiro atoms. The van der Waals surface area contributed by atoms with Gasteiger partial charge in [0, 0.05) is 11.8 Å². The largest absolute Gasteiger partial charge is 0.490 e. The van der Waals surface area contributed by atoms with Crippen LogP contribution in [0.4, 0.5) is 0 Å². The Morgan fingerprint density at radius 1 is 1.22 bits per heavy atom. The van der Waals surface area contributed by atoms with E-state index in [1.54, 1.807) is 16.8 Å². The number of nitrogens with two attached hydrogens (primary N) is 1. The predicted molar refractivity (Wildman–Crippen MR) is 70.2 cm³/mol. The van der Waals surface area contributed by atoms with Gasteiger partial charge in [0.1, 0.15) is 0 Å². The highest BCUT2D eigenvalue weighted by molar-refractivity contribution is 7.07. The molecule has 0 radical (unpaired) electrons. The van der Waals surface area contributed by atoms with Gasteiger partial charge >= 0.3 is 0 Å². The fraction of sp³-hybridized carbons (Fsp3) is 0.308. The minimum atomic E-state index is -0.214. The van der Waals surface area contributed by atoms with Crippen LogP contribution in [0.2, 0.25) is 0 Å². The van der Waals surface area contributed by atoms with E-state index in [2.05, 4.69) is 4.98 Å². The number of rotatable bonds is 2. The summed E-state index contributed by atoms with van der Waals surface area (Å²) >= 11 is 1.55. The maximum Gasteiger partial charge on any atom is 0.161 e. The van der Waals surface area contributed by atoms with Crippen molar-refractivity contribution in [3.63, 3.8) is 0 Å². The highest BCUT2D eigenvalue weighted by Crippen LogP contribution is 2.33. The molecule has 2 N–H and O–H groups in total. The van der Waals surface area contributed by atoms with E-state index < -0.39 is 0 Å². The number of benzene rings is 1. The summed E-state index contributed by atoms with van der Waals surface area (Å²) in [6, 6.07) is 5.62. The van der Waals surface area contributed by atoms with Crippen molar-refractivity contribution in [1.82, 2.24) is 4.98 Å². The molecule has 1 aromatic carbocycles. The van der Waals surface area contributed by atoms with Gasteiger partial charge in [0.25, 0.3) is 0 Å². The molecule has 0 bridgehead atoms. The normalized spacial score (nSPS) is 16.1. The molecular weight excluding hydrogens is 248 g/mol. The number of ether oxygens (including phenoxy) is 2. The van der Waals surface area contributed by atoms with E-state index in [-0.39, 0.29) is 6.04 Å². The molecule has 94 valence electrons. The first kappa shape index (κ1) is 11.5. The Morgan fingerprint density at radius 2 is 2.06 bits per heavy atom. The van der Waals surface area contributed by atoms with Crippen molar-refractivity contribution < 1.29 is 9.47 Å². The van der Waals surface area contributed by atoms with Crippen LogP contribution in [0, 0.1) is 0 Å². The number of nitrogens with zero attached hydrogens (tertiary/aromatic N) is 1. The number of hydrogen-bond acceptors (Lipinski definition) is 5. The van der Waals surface area contributed by atoms with E-state index in [4.69, 9.17) is 15.2 Å². The van der Waals surface area contributed by atoms with Crippen molar-refractivity contribution in [3.05, 3.63) is 40.3 Å². The van der Waals surface area contributed by atoms with Gasteiger partial charge in [-0.3, -0.25) is 0 Å². The van der Waals surface area contributed by atoms with E-state index in [9.17, 15) is 0 Å². The molecule has 1 aromatic heterocycles. The minimum Gasteiger partial charge on any atom is -0.490 e. The molecule has 0 amide bonds. The van der Waals surface area contributed by atoms with Gasteiger partial charge in [-0.25, -0.2) is 4.98 Å². The molecule has 1 unspecified atom stereocenters. The van der Waals surface area contributed by atoms with E-state index in [0.717, 1.165) is 29.2 Å². The molecular formula is C13H14N2O2S. The Balaban J connectivity index is 1.92. The van der Waals surface area contributed by atoms with Crippen LogP contribution in [0.5, 0.6) is 11.5 Å². The van der Waals surface area contributed by atoms with Gasteiger partial charge < -0.3 is 15.2 Å². The second-order valence-electron chi connectivity index (χ2n) is 4.15. The molecule has 2 aromatic rings. The molecule has 1 aliphatic heterocycles. The van der Waals surface area contributed by atoms with Gasteiger partial charge in [0.2, 0.25) is 0 Å². The first-order valence-electron chi connectivity index (χ1n) is 5.88. The number of aromatic nitrogens is 1. The number of fused-ring (bicyclic) bond motifs is 1. The quantitative estimate of drug-likeness (QED) is 0.902. The molecule has 0 saturated heterocycles.